The van der Waals surface area contributed by atoms with Crippen LogP contribution in [0.4, 0.5) is 23.7 Å². The fourth-order valence-corrected chi connectivity index (χ4v) is 1.59. The van der Waals surface area contributed by atoms with Crippen LogP contribution in [0.5, 0.6) is 5.75 Å². The molecule has 1 amide bonds. The van der Waals surface area contributed by atoms with Gasteiger partial charge in [-0.1, -0.05) is 6.07 Å². The van der Waals surface area contributed by atoms with Crippen LogP contribution in [0.3, 0.4) is 0 Å². The minimum absolute atomic E-state index is 0.0404. The highest BCUT2D eigenvalue weighted by Gasteiger charge is 2.36. The zero-order chi connectivity index (χ0) is 17.1. The van der Waals surface area contributed by atoms with Crippen LogP contribution < -0.4 is 11.1 Å². The highest BCUT2D eigenvalue weighted by Crippen LogP contribution is 2.27. The monoisotopic (exact) mass is 320 g/mol. The third kappa shape index (κ3) is 5.80. The van der Waals surface area contributed by atoms with E-state index in [0.29, 0.717) is 0 Å². The zero-order valence-electron chi connectivity index (χ0n) is 12.5. The van der Waals surface area contributed by atoms with E-state index < -0.39 is 30.3 Å². The third-order valence-corrected chi connectivity index (χ3v) is 2.57. The third-order valence-electron chi connectivity index (χ3n) is 2.57. The number of aromatic hydroxyl groups is 1. The highest BCUT2D eigenvalue weighted by molar-refractivity contribution is 5.86. The van der Waals surface area contributed by atoms with Gasteiger partial charge in [0.15, 0.2) is 0 Å². The Kier molecular flexibility index (Phi) is 5.29. The molecule has 0 spiro atoms. The van der Waals surface area contributed by atoms with Crippen molar-refractivity contribution in [3.8, 4) is 5.75 Å². The molecule has 1 rings (SSSR count). The van der Waals surface area contributed by atoms with Gasteiger partial charge >= 0.3 is 12.3 Å². The van der Waals surface area contributed by atoms with Gasteiger partial charge in [0, 0.05) is 0 Å². The number of halogens is 3. The lowest BCUT2D eigenvalue weighted by molar-refractivity contribution is -0.147. The maximum Gasteiger partial charge on any atom is 0.412 e. The first-order valence-corrected chi connectivity index (χ1v) is 6.52. The first-order valence-electron chi connectivity index (χ1n) is 6.52. The Hall–Kier alpha value is -1.96. The van der Waals surface area contributed by atoms with Gasteiger partial charge in [0.2, 0.25) is 0 Å². The van der Waals surface area contributed by atoms with Gasteiger partial charge in [0.1, 0.15) is 17.4 Å². The predicted octanol–water partition coefficient (Wildman–Crippen LogP) is 3.17. The van der Waals surface area contributed by atoms with Crippen LogP contribution in [0.1, 0.15) is 26.3 Å². The number of anilines is 1. The van der Waals surface area contributed by atoms with Crippen molar-refractivity contribution >= 4 is 11.8 Å². The van der Waals surface area contributed by atoms with E-state index in [-0.39, 0.29) is 17.0 Å². The quantitative estimate of drug-likeness (QED) is 0.747. The van der Waals surface area contributed by atoms with E-state index in [1.165, 1.54) is 12.1 Å². The molecule has 0 aliphatic rings. The fourth-order valence-electron chi connectivity index (χ4n) is 1.59. The van der Waals surface area contributed by atoms with Crippen LogP contribution >= 0.6 is 0 Å². The first kappa shape index (κ1) is 18.1. The van der Waals surface area contributed by atoms with E-state index >= 15 is 0 Å². The minimum Gasteiger partial charge on any atom is -0.506 e. The van der Waals surface area contributed by atoms with E-state index in [1.807, 2.05) is 0 Å². The highest BCUT2D eigenvalue weighted by atomic mass is 19.4. The molecule has 0 aliphatic heterocycles. The van der Waals surface area contributed by atoms with Gasteiger partial charge in [-0.3, -0.25) is 5.32 Å². The van der Waals surface area contributed by atoms with Crippen molar-refractivity contribution in [1.29, 1.82) is 0 Å². The Morgan fingerprint density at radius 1 is 1.36 bits per heavy atom. The van der Waals surface area contributed by atoms with Crippen LogP contribution in [0.25, 0.3) is 0 Å². The van der Waals surface area contributed by atoms with E-state index in [9.17, 15) is 23.1 Å². The van der Waals surface area contributed by atoms with Crippen molar-refractivity contribution in [3.63, 3.8) is 0 Å². The lowest BCUT2D eigenvalue weighted by Crippen LogP contribution is -2.39. The van der Waals surface area contributed by atoms with Crippen molar-refractivity contribution in [2.24, 2.45) is 5.73 Å². The molecule has 0 aromatic heterocycles. The summed E-state index contributed by atoms with van der Waals surface area (Å²) in [4.78, 5) is 11.6. The number of benzene rings is 1. The maximum absolute atomic E-state index is 12.4. The summed E-state index contributed by atoms with van der Waals surface area (Å²) in [6.07, 6.45) is -5.75. The number of nitrogens with one attached hydrogen (secondary N) is 1. The summed E-state index contributed by atoms with van der Waals surface area (Å²) < 4.78 is 42.2. The average molecular weight is 320 g/mol. The Labute approximate surface area is 126 Å². The molecule has 0 aliphatic carbocycles. The lowest BCUT2D eigenvalue weighted by Gasteiger charge is -2.20. The predicted molar refractivity (Wildman–Crippen MR) is 75.7 cm³/mol. The SMILES string of the molecule is CC(C)(C)OC(=O)Nc1ccc(CC(N)C(F)(F)F)cc1O. The summed E-state index contributed by atoms with van der Waals surface area (Å²) in [5, 5.41) is 12.1. The van der Waals surface area contributed by atoms with Crippen molar-refractivity contribution in [2.45, 2.75) is 45.0 Å². The van der Waals surface area contributed by atoms with Crippen LogP contribution in [-0.2, 0) is 11.2 Å². The Bertz CT molecular complexity index is 539. The molecule has 124 valence electrons. The van der Waals surface area contributed by atoms with Crippen molar-refractivity contribution in [2.75, 3.05) is 5.32 Å². The van der Waals surface area contributed by atoms with Gasteiger partial charge in [-0.25, -0.2) is 4.79 Å². The number of amides is 1. The van der Waals surface area contributed by atoms with Crippen molar-refractivity contribution < 1.29 is 27.8 Å². The van der Waals surface area contributed by atoms with E-state index in [0.717, 1.165) is 6.07 Å². The second-order valence-corrected chi connectivity index (χ2v) is 5.83. The number of phenols is 1. The lowest BCUT2D eigenvalue weighted by atomic mass is 10.1. The first-order chi connectivity index (χ1) is 9.88. The molecule has 22 heavy (non-hydrogen) atoms. The van der Waals surface area contributed by atoms with Gasteiger partial charge in [-0.2, -0.15) is 13.2 Å². The molecule has 0 radical (unpaired) electrons. The number of nitrogens with two attached hydrogens (primary N) is 1. The van der Waals surface area contributed by atoms with Gasteiger partial charge in [-0.05, 0) is 44.9 Å². The van der Waals surface area contributed by atoms with Crippen LogP contribution in [0.2, 0.25) is 0 Å². The number of rotatable bonds is 3. The minimum atomic E-state index is -4.51. The van der Waals surface area contributed by atoms with Crippen molar-refractivity contribution in [3.05, 3.63) is 23.8 Å². The van der Waals surface area contributed by atoms with Crippen LogP contribution in [-0.4, -0.2) is 29.0 Å². The summed E-state index contributed by atoms with van der Waals surface area (Å²) in [7, 11) is 0. The maximum atomic E-state index is 12.4. The number of hydrogen-bond donors (Lipinski definition) is 3. The Morgan fingerprint density at radius 3 is 2.41 bits per heavy atom. The summed E-state index contributed by atoms with van der Waals surface area (Å²) in [5.74, 6) is -0.363. The molecule has 0 heterocycles. The van der Waals surface area contributed by atoms with Gasteiger partial charge in [-0.15, -0.1) is 0 Å². The molecule has 0 saturated heterocycles. The number of alkyl halides is 3. The largest absolute Gasteiger partial charge is 0.506 e. The van der Waals surface area contributed by atoms with Gasteiger partial charge < -0.3 is 15.6 Å². The molecule has 0 bridgehead atoms. The van der Waals surface area contributed by atoms with Gasteiger partial charge in [0.05, 0.1) is 5.69 Å². The molecule has 1 unspecified atom stereocenters. The summed E-state index contributed by atoms with van der Waals surface area (Å²) in [5.41, 5.74) is 4.56. The van der Waals surface area contributed by atoms with E-state index in [1.54, 1.807) is 20.8 Å². The summed E-state index contributed by atoms with van der Waals surface area (Å²) in [6, 6.07) is 1.74. The fraction of sp³-hybridized carbons (Fsp3) is 0.500. The topological polar surface area (TPSA) is 84.6 Å². The smallest absolute Gasteiger partial charge is 0.412 e. The average Bonchev–Trinajstić information content (AvgIpc) is 2.29. The van der Waals surface area contributed by atoms with Crippen LogP contribution in [0.15, 0.2) is 18.2 Å². The summed E-state index contributed by atoms with van der Waals surface area (Å²) >= 11 is 0. The van der Waals surface area contributed by atoms with Crippen molar-refractivity contribution in [1.82, 2.24) is 0 Å². The second kappa shape index (κ2) is 6.43. The van der Waals surface area contributed by atoms with Crippen LogP contribution in [0, 0.1) is 0 Å². The number of carbonyl (C=O) groups excluding carboxylic acids is 1. The second-order valence-electron chi connectivity index (χ2n) is 5.83. The number of carbonyl (C=O) groups is 1. The van der Waals surface area contributed by atoms with E-state index in [2.05, 4.69) is 5.32 Å². The van der Waals surface area contributed by atoms with E-state index in [4.69, 9.17) is 10.5 Å². The normalized spacial score (nSPS) is 13.6. The Morgan fingerprint density at radius 2 is 1.95 bits per heavy atom. The molecule has 0 saturated carbocycles. The molecular weight excluding hydrogens is 301 g/mol. The zero-order valence-corrected chi connectivity index (χ0v) is 12.5. The molecular formula is C14H19F3N2O3. The van der Waals surface area contributed by atoms with Gasteiger partial charge in [0.25, 0.3) is 0 Å². The molecule has 5 nitrogen and oxygen atoms in total. The molecule has 0 fully saturated rings. The standard InChI is InChI=1S/C14H19F3N2O3/c1-13(2,3)22-12(21)19-9-5-4-8(6-10(9)20)7-11(18)14(15,16)17/h4-6,11,20H,7,18H2,1-3H3,(H,19,21). The molecule has 8 heteroatoms. The number of ether oxygens (including phenoxy) is 1. The Balaban J connectivity index is 2.76. The molecule has 4 N–H and O–H groups in total. The number of hydrogen-bond acceptors (Lipinski definition) is 4. The molecule has 1 atom stereocenters. The number of phenolic OH excluding ortho intramolecular Hbond substituents is 1. The summed E-state index contributed by atoms with van der Waals surface area (Å²) in [6.45, 7) is 5.02. The molecule has 1 aromatic carbocycles. The molecule has 1 aromatic rings.